The summed E-state index contributed by atoms with van der Waals surface area (Å²) in [6, 6.07) is 4.14. The molecular weight excluding hydrogens is 564 g/mol. The predicted molar refractivity (Wildman–Crippen MR) is 153 cm³/mol. The van der Waals surface area contributed by atoms with Crippen molar-refractivity contribution < 1.29 is 29.0 Å². The largest absolute Gasteiger partial charge is 0.465 e. The van der Waals surface area contributed by atoms with E-state index in [1.807, 2.05) is 45.9 Å². The third kappa shape index (κ3) is 4.76. The van der Waals surface area contributed by atoms with E-state index in [1.54, 1.807) is 17.1 Å². The van der Waals surface area contributed by atoms with Gasteiger partial charge in [0.25, 0.3) is 5.91 Å². The van der Waals surface area contributed by atoms with E-state index < -0.39 is 41.6 Å². The minimum absolute atomic E-state index is 0.146. The monoisotopic (exact) mass is 602 g/mol. The van der Waals surface area contributed by atoms with Gasteiger partial charge in [-0.2, -0.15) is 0 Å². The number of carbonyl (C=O) groups excluding carboxylic acids is 3. The Kier molecular flexibility index (Phi) is 8.73. The number of fused-ring (bicyclic) bond motifs is 1. The van der Waals surface area contributed by atoms with E-state index in [-0.39, 0.29) is 42.3 Å². The van der Waals surface area contributed by atoms with Gasteiger partial charge in [-0.15, -0.1) is 13.2 Å². The molecule has 9 heteroatoms. The Bertz CT molecular complexity index is 1130. The molecule has 1 aromatic rings. The Labute approximate surface area is 239 Å². The van der Waals surface area contributed by atoms with Crippen LogP contribution in [0, 0.1) is 31.6 Å². The van der Waals surface area contributed by atoms with Crippen molar-refractivity contribution >= 4 is 39.4 Å². The van der Waals surface area contributed by atoms with Crippen LogP contribution in [0.3, 0.4) is 0 Å². The minimum Gasteiger partial charge on any atom is -0.465 e. The summed E-state index contributed by atoms with van der Waals surface area (Å²) in [6.07, 6.45) is 3.58. The maximum atomic E-state index is 14.7. The van der Waals surface area contributed by atoms with E-state index in [1.165, 1.54) is 4.90 Å². The zero-order valence-corrected chi connectivity index (χ0v) is 24.7. The molecule has 0 saturated carbocycles. The van der Waals surface area contributed by atoms with Gasteiger partial charge in [-0.25, -0.2) is 0 Å². The summed E-state index contributed by atoms with van der Waals surface area (Å²) >= 11 is 3.68. The highest BCUT2D eigenvalue weighted by Crippen LogP contribution is 2.61. The number of carbonyl (C=O) groups is 3. The quantitative estimate of drug-likeness (QED) is 0.179. The summed E-state index contributed by atoms with van der Waals surface area (Å²) in [7, 11) is 0. The van der Waals surface area contributed by atoms with E-state index >= 15 is 0 Å². The smallest absolute Gasteiger partial charge is 0.312 e. The number of hydrogen-bond donors (Lipinski definition) is 1. The molecule has 1 aromatic carbocycles. The molecule has 3 saturated heterocycles. The van der Waals surface area contributed by atoms with Gasteiger partial charge in [0.2, 0.25) is 5.91 Å². The van der Waals surface area contributed by atoms with Crippen LogP contribution in [0.4, 0.5) is 5.69 Å². The lowest BCUT2D eigenvalue weighted by molar-refractivity contribution is -0.155. The molecule has 0 radical (unpaired) electrons. The summed E-state index contributed by atoms with van der Waals surface area (Å²) in [5.74, 6) is -3.08. The van der Waals surface area contributed by atoms with E-state index in [0.29, 0.717) is 12.8 Å². The molecule has 3 fully saturated rings. The van der Waals surface area contributed by atoms with Gasteiger partial charge in [0, 0.05) is 17.1 Å². The van der Waals surface area contributed by atoms with Crippen molar-refractivity contribution in [3.8, 4) is 0 Å². The Balaban J connectivity index is 1.85. The van der Waals surface area contributed by atoms with Gasteiger partial charge in [-0.05, 0) is 43.7 Å². The molecule has 0 aromatic heterocycles. The van der Waals surface area contributed by atoms with E-state index in [0.717, 1.165) is 16.8 Å². The maximum absolute atomic E-state index is 14.7. The normalized spacial score (nSPS) is 29.9. The third-order valence-electron chi connectivity index (χ3n) is 8.40. The average molecular weight is 604 g/mol. The highest BCUT2D eigenvalue weighted by atomic mass is 79.9. The minimum atomic E-state index is -1.24. The highest BCUT2D eigenvalue weighted by Gasteiger charge is 2.77. The van der Waals surface area contributed by atoms with Crippen LogP contribution < -0.4 is 4.90 Å². The molecule has 0 aliphatic carbocycles. The van der Waals surface area contributed by atoms with Crippen LogP contribution in [0.15, 0.2) is 43.5 Å². The van der Waals surface area contributed by atoms with Crippen LogP contribution in [-0.2, 0) is 23.9 Å². The number of para-hydroxylation sites is 1. The highest BCUT2D eigenvalue weighted by molar-refractivity contribution is 9.09. The first-order valence-electron chi connectivity index (χ1n) is 13.6. The Morgan fingerprint density at radius 1 is 1.28 bits per heavy atom. The number of ether oxygens (including phenoxy) is 2. The van der Waals surface area contributed by atoms with Gasteiger partial charge < -0.3 is 24.4 Å². The number of benzene rings is 1. The molecule has 4 rings (SSSR count). The number of rotatable bonds is 11. The molecular formula is C30H39BrN2O6. The first-order valence-corrected chi connectivity index (χ1v) is 14.5. The molecule has 3 aliphatic rings. The molecule has 212 valence electrons. The molecule has 2 bridgehead atoms. The van der Waals surface area contributed by atoms with Gasteiger partial charge in [-0.3, -0.25) is 14.4 Å². The Morgan fingerprint density at radius 3 is 2.51 bits per heavy atom. The number of alkyl halides is 1. The first-order chi connectivity index (χ1) is 18.5. The van der Waals surface area contributed by atoms with Crippen LogP contribution in [-0.4, -0.2) is 76.2 Å². The van der Waals surface area contributed by atoms with Crippen molar-refractivity contribution in [3.05, 3.63) is 54.6 Å². The van der Waals surface area contributed by atoms with Gasteiger partial charge in [0.1, 0.15) is 11.6 Å². The van der Waals surface area contributed by atoms with Crippen molar-refractivity contribution in [2.24, 2.45) is 17.8 Å². The van der Waals surface area contributed by atoms with Crippen molar-refractivity contribution in [1.29, 1.82) is 0 Å². The van der Waals surface area contributed by atoms with E-state index in [2.05, 4.69) is 29.1 Å². The molecule has 39 heavy (non-hydrogen) atoms. The van der Waals surface area contributed by atoms with Gasteiger partial charge in [0.15, 0.2) is 0 Å². The molecule has 7 atom stereocenters. The zero-order valence-electron chi connectivity index (χ0n) is 23.1. The van der Waals surface area contributed by atoms with Crippen molar-refractivity contribution in [2.45, 2.75) is 69.2 Å². The lowest BCUT2D eigenvalue weighted by atomic mass is 9.70. The fraction of sp³-hybridized carbons (Fsp3) is 0.567. The molecule has 3 unspecified atom stereocenters. The first kappa shape index (κ1) is 29.5. The molecule has 1 N–H and O–H groups in total. The number of aryl methyl sites for hydroxylation is 2. The van der Waals surface area contributed by atoms with Gasteiger partial charge >= 0.3 is 5.97 Å². The summed E-state index contributed by atoms with van der Waals surface area (Å²) in [5.41, 5.74) is 1.34. The average Bonchev–Trinajstić information content (AvgIpc) is 3.47. The predicted octanol–water partition coefficient (Wildman–Crippen LogP) is 3.71. The zero-order chi connectivity index (χ0) is 28.6. The standard InChI is InChI=1S/C30H39BrN2O6/c1-7-9-14-38-29(37)22-23-27(35)33(21(16-34)17(3)4)26(30(23)15-20(31)25(22)39-30)28(36)32(13-8-2)24-18(5)11-10-12-19(24)6/h7-8,10-12,17,20-23,25-26,34H,1-2,9,13-16H2,3-6H3/t20?,21-,22+,23-,25+,26?,30?/m0/s1. The SMILES string of the molecule is C=CCCOC(=O)[C@H]1[C@@H]2OC3(CC2Br)C(C(=O)N(CC=C)c2c(C)cccc2C)N([C@@H](CO)C(C)C)C(=O)[C@H]13. The number of nitrogens with zero attached hydrogens (tertiary/aromatic N) is 2. The van der Waals surface area contributed by atoms with Crippen molar-refractivity contribution in [1.82, 2.24) is 4.90 Å². The molecule has 1 spiro atoms. The second-order valence-electron chi connectivity index (χ2n) is 11.1. The van der Waals surface area contributed by atoms with Crippen LogP contribution in [0.5, 0.6) is 0 Å². The number of esters is 1. The fourth-order valence-corrected chi connectivity index (χ4v) is 7.67. The fourth-order valence-electron chi connectivity index (χ4n) is 6.73. The maximum Gasteiger partial charge on any atom is 0.312 e. The topological polar surface area (TPSA) is 96.4 Å². The number of aliphatic hydroxyl groups excluding tert-OH is 1. The van der Waals surface area contributed by atoms with Crippen LogP contribution >= 0.6 is 15.9 Å². The third-order valence-corrected chi connectivity index (χ3v) is 9.25. The molecule has 2 amide bonds. The summed E-state index contributed by atoms with van der Waals surface area (Å²) < 4.78 is 12.1. The Hall–Kier alpha value is -2.49. The van der Waals surface area contributed by atoms with Crippen molar-refractivity contribution in [2.75, 3.05) is 24.7 Å². The molecule has 8 nitrogen and oxygen atoms in total. The second kappa shape index (κ2) is 11.6. The number of aliphatic hydroxyl groups is 1. The summed E-state index contributed by atoms with van der Waals surface area (Å²) in [6.45, 7) is 15.3. The van der Waals surface area contributed by atoms with E-state index in [9.17, 15) is 19.5 Å². The van der Waals surface area contributed by atoms with Crippen LogP contribution in [0.25, 0.3) is 0 Å². The number of hydrogen-bond acceptors (Lipinski definition) is 6. The van der Waals surface area contributed by atoms with E-state index in [4.69, 9.17) is 9.47 Å². The summed E-state index contributed by atoms with van der Waals surface area (Å²) in [4.78, 5) is 45.3. The number of likely N-dealkylation sites (tertiary alicyclic amines) is 1. The van der Waals surface area contributed by atoms with Crippen LogP contribution in [0.2, 0.25) is 0 Å². The Morgan fingerprint density at radius 2 is 1.95 bits per heavy atom. The number of halogens is 1. The van der Waals surface area contributed by atoms with Crippen LogP contribution in [0.1, 0.15) is 37.8 Å². The lowest BCUT2D eigenvalue weighted by Crippen LogP contribution is -2.60. The number of anilines is 1. The molecule has 3 aliphatic heterocycles. The summed E-state index contributed by atoms with van der Waals surface area (Å²) in [5, 5.41) is 10.4. The lowest BCUT2D eigenvalue weighted by Gasteiger charge is -2.41. The van der Waals surface area contributed by atoms with Gasteiger partial charge in [0.05, 0.1) is 37.2 Å². The van der Waals surface area contributed by atoms with Gasteiger partial charge in [-0.1, -0.05) is 60.1 Å². The second-order valence-corrected chi connectivity index (χ2v) is 12.3. The number of amides is 2. The molecule has 3 heterocycles. The van der Waals surface area contributed by atoms with Crippen molar-refractivity contribution in [3.63, 3.8) is 0 Å².